The molecule has 0 radical (unpaired) electrons. The van der Waals surface area contributed by atoms with Gasteiger partial charge in [0.25, 0.3) is 5.91 Å². The molecular weight excluding hydrogens is 402 g/mol. The van der Waals surface area contributed by atoms with E-state index in [0.29, 0.717) is 0 Å². The zero-order valence-corrected chi connectivity index (χ0v) is 18.7. The summed E-state index contributed by atoms with van der Waals surface area (Å²) in [7, 11) is 1.77. The number of hydrogen-bond donors (Lipinski definition) is 1. The lowest BCUT2D eigenvalue weighted by molar-refractivity contribution is -0.139. The van der Waals surface area contributed by atoms with Crippen LogP contribution in [0.25, 0.3) is 0 Å². The summed E-state index contributed by atoms with van der Waals surface area (Å²) >= 11 is 0. The van der Waals surface area contributed by atoms with E-state index in [1.807, 2.05) is 24.3 Å². The minimum absolute atomic E-state index is 0.0312. The van der Waals surface area contributed by atoms with Crippen molar-refractivity contribution in [2.75, 3.05) is 13.6 Å². The number of likely N-dealkylation sites (N-methyl/N-ethyl adjacent to an activating group) is 1. The Morgan fingerprint density at radius 1 is 1.06 bits per heavy atom. The monoisotopic (exact) mass is 431 g/mol. The summed E-state index contributed by atoms with van der Waals surface area (Å²) in [6.45, 7) is 1.48. The molecule has 6 nitrogen and oxygen atoms in total. The second-order valence-corrected chi connectivity index (χ2v) is 9.39. The fourth-order valence-electron chi connectivity index (χ4n) is 5.47. The van der Waals surface area contributed by atoms with Crippen molar-refractivity contribution < 1.29 is 14.4 Å². The van der Waals surface area contributed by atoms with E-state index in [1.54, 1.807) is 18.9 Å². The Hall–Kier alpha value is -3.15. The minimum Gasteiger partial charge on any atom is -0.337 e. The lowest BCUT2D eigenvalue weighted by Gasteiger charge is -2.34. The molecule has 1 fully saturated rings. The summed E-state index contributed by atoms with van der Waals surface area (Å²) in [5.74, 6) is -0.598. The number of carbonyl (C=O) groups excluding carboxylic acids is 3. The first-order valence-electron chi connectivity index (χ1n) is 11.5. The van der Waals surface area contributed by atoms with E-state index in [-0.39, 0.29) is 24.4 Å². The van der Waals surface area contributed by atoms with Crippen molar-refractivity contribution in [3.05, 3.63) is 70.3 Å². The van der Waals surface area contributed by atoms with E-state index in [4.69, 9.17) is 0 Å². The largest absolute Gasteiger partial charge is 0.337 e. The van der Waals surface area contributed by atoms with E-state index in [1.165, 1.54) is 16.7 Å². The van der Waals surface area contributed by atoms with Gasteiger partial charge in [-0.3, -0.25) is 14.5 Å². The number of hydrogen-bond acceptors (Lipinski definition) is 3. The van der Waals surface area contributed by atoms with Crippen LogP contribution in [0.3, 0.4) is 0 Å². The predicted octanol–water partition coefficient (Wildman–Crippen LogP) is 3.48. The Morgan fingerprint density at radius 2 is 1.81 bits per heavy atom. The van der Waals surface area contributed by atoms with Crippen molar-refractivity contribution in [3.63, 3.8) is 0 Å². The number of urea groups is 1. The van der Waals surface area contributed by atoms with Gasteiger partial charge in [-0.2, -0.15) is 0 Å². The van der Waals surface area contributed by atoms with Crippen LogP contribution in [0.15, 0.2) is 42.5 Å². The molecule has 0 spiro atoms. The van der Waals surface area contributed by atoms with Crippen molar-refractivity contribution >= 4 is 17.8 Å². The van der Waals surface area contributed by atoms with Crippen molar-refractivity contribution in [1.29, 1.82) is 0 Å². The fraction of sp³-hybridized carbons (Fsp3) is 0.423. The summed E-state index contributed by atoms with van der Waals surface area (Å²) < 4.78 is 0. The molecule has 5 rings (SSSR count). The highest BCUT2D eigenvalue weighted by atomic mass is 16.2. The number of fused-ring (bicyclic) bond motifs is 2. The molecule has 0 bridgehead atoms. The van der Waals surface area contributed by atoms with Crippen LogP contribution in [0.5, 0.6) is 0 Å². The maximum atomic E-state index is 13.3. The predicted molar refractivity (Wildman–Crippen MR) is 121 cm³/mol. The van der Waals surface area contributed by atoms with Gasteiger partial charge in [-0.1, -0.05) is 42.5 Å². The lowest BCUT2D eigenvalue weighted by Crippen LogP contribution is -2.44. The highest BCUT2D eigenvalue weighted by molar-refractivity contribution is 6.09. The highest BCUT2D eigenvalue weighted by Crippen LogP contribution is 2.35. The van der Waals surface area contributed by atoms with Crippen molar-refractivity contribution in [2.45, 2.75) is 57.0 Å². The Labute approximate surface area is 188 Å². The number of amides is 4. The summed E-state index contributed by atoms with van der Waals surface area (Å²) in [6, 6.07) is 13.7. The third-order valence-electron chi connectivity index (χ3n) is 7.44. The molecule has 3 aliphatic rings. The number of aryl methyl sites for hydroxylation is 3. The minimum atomic E-state index is -1.15. The van der Waals surface area contributed by atoms with Gasteiger partial charge in [-0.25, -0.2) is 4.79 Å². The molecule has 2 atom stereocenters. The van der Waals surface area contributed by atoms with Crippen LogP contribution in [-0.2, 0) is 34.4 Å². The second-order valence-electron chi connectivity index (χ2n) is 9.39. The standard InChI is InChI=1S/C26H29N3O3/c1-26(20-14-13-17-8-5-10-19(17)15-20)24(31)29(25(32)27-26)16-23(30)28(2)22-12-6-9-18-7-3-4-11-21(18)22/h3-4,7,11,13-15,22H,5-6,8-10,12,16H2,1-2H3,(H,27,32)/t22-,26-/m1/s1. The average molecular weight is 432 g/mol. The summed E-state index contributed by atoms with van der Waals surface area (Å²) in [5, 5.41) is 2.84. The van der Waals surface area contributed by atoms with E-state index in [9.17, 15) is 14.4 Å². The second kappa shape index (κ2) is 7.76. The van der Waals surface area contributed by atoms with Gasteiger partial charge in [0, 0.05) is 7.05 Å². The Bertz CT molecular complexity index is 1110. The third-order valence-corrected chi connectivity index (χ3v) is 7.44. The topological polar surface area (TPSA) is 69.7 Å². The van der Waals surface area contributed by atoms with Crippen LogP contribution in [-0.4, -0.2) is 41.2 Å². The molecular formula is C26H29N3O3. The molecule has 4 amide bonds. The molecule has 0 saturated carbocycles. The number of nitrogens with zero attached hydrogens (tertiary/aromatic N) is 2. The number of carbonyl (C=O) groups is 3. The lowest BCUT2D eigenvalue weighted by atomic mass is 9.87. The molecule has 2 aromatic rings. The van der Waals surface area contributed by atoms with Crippen molar-refractivity contribution in [2.24, 2.45) is 0 Å². The maximum absolute atomic E-state index is 13.3. The van der Waals surface area contributed by atoms with Gasteiger partial charge in [-0.15, -0.1) is 0 Å². The van der Waals surface area contributed by atoms with Gasteiger partial charge in [0.2, 0.25) is 5.91 Å². The summed E-state index contributed by atoms with van der Waals surface area (Å²) in [5.41, 5.74) is 4.62. The highest BCUT2D eigenvalue weighted by Gasteiger charge is 2.50. The molecule has 1 aliphatic heterocycles. The summed E-state index contributed by atoms with van der Waals surface area (Å²) in [4.78, 5) is 42.0. The van der Waals surface area contributed by atoms with Crippen LogP contribution in [0.4, 0.5) is 4.79 Å². The zero-order valence-electron chi connectivity index (χ0n) is 18.7. The van der Waals surface area contributed by atoms with Gasteiger partial charge < -0.3 is 10.2 Å². The van der Waals surface area contributed by atoms with Crippen LogP contribution in [0.2, 0.25) is 0 Å². The SMILES string of the molecule is CN(C(=O)CN1C(=O)N[C@](C)(c2ccc3c(c2)CCC3)C1=O)[C@@H]1CCCc2ccccc21. The van der Waals surface area contributed by atoms with Crippen molar-refractivity contribution in [3.8, 4) is 0 Å². The quantitative estimate of drug-likeness (QED) is 0.754. The molecule has 2 aliphatic carbocycles. The van der Waals surface area contributed by atoms with Gasteiger partial charge in [0.15, 0.2) is 0 Å². The smallest absolute Gasteiger partial charge is 0.325 e. The molecule has 1 saturated heterocycles. The zero-order chi connectivity index (χ0) is 22.5. The van der Waals surface area contributed by atoms with Crippen LogP contribution in [0, 0.1) is 0 Å². The summed E-state index contributed by atoms with van der Waals surface area (Å²) in [6.07, 6.45) is 6.08. The molecule has 0 unspecified atom stereocenters. The Kier molecular flexibility index (Phi) is 5.03. The average Bonchev–Trinajstić information content (AvgIpc) is 3.36. The molecule has 0 aromatic heterocycles. The maximum Gasteiger partial charge on any atom is 0.325 e. The first-order valence-corrected chi connectivity index (χ1v) is 11.5. The number of imide groups is 1. The van der Waals surface area contributed by atoms with E-state index in [2.05, 4.69) is 23.5 Å². The number of rotatable bonds is 4. The van der Waals surface area contributed by atoms with Gasteiger partial charge in [-0.05, 0) is 73.3 Å². The number of nitrogens with one attached hydrogen (secondary N) is 1. The van der Waals surface area contributed by atoms with Crippen LogP contribution >= 0.6 is 0 Å². The van der Waals surface area contributed by atoms with E-state index >= 15 is 0 Å². The number of benzene rings is 2. The van der Waals surface area contributed by atoms with Gasteiger partial charge >= 0.3 is 6.03 Å². The Morgan fingerprint density at radius 3 is 2.66 bits per heavy atom. The Balaban J connectivity index is 1.34. The molecule has 32 heavy (non-hydrogen) atoms. The molecule has 166 valence electrons. The third kappa shape index (κ3) is 3.29. The molecule has 1 heterocycles. The van der Waals surface area contributed by atoms with Crippen LogP contribution < -0.4 is 5.32 Å². The molecule has 6 heteroatoms. The van der Waals surface area contributed by atoms with Crippen LogP contribution in [0.1, 0.15) is 60.0 Å². The normalized spacial score (nSPS) is 24.2. The van der Waals surface area contributed by atoms with Gasteiger partial charge in [0.1, 0.15) is 12.1 Å². The van der Waals surface area contributed by atoms with Gasteiger partial charge in [0.05, 0.1) is 6.04 Å². The first kappa shape index (κ1) is 20.7. The molecule has 1 N–H and O–H groups in total. The fourth-order valence-corrected chi connectivity index (χ4v) is 5.47. The molecule has 2 aromatic carbocycles. The van der Waals surface area contributed by atoms with E-state index < -0.39 is 11.6 Å². The van der Waals surface area contributed by atoms with E-state index in [0.717, 1.165) is 54.6 Å². The van der Waals surface area contributed by atoms with Crippen molar-refractivity contribution in [1.82, 2.24) is 15.1 Å². The first-order chi connectivity index (χ1) is 15.4.